The van der Waals surface area contributed by atoms with Gasteiger partial charge in [0.15, 0.2) is 0 Å². The SMILES string of the molecule is CCOP(=O)(O)NC1(C(=O)O)CSC2(C(=O)O)CC12. The second-order valence-corrected chi connectivity index (χ2v) is 7.39. The van der Waals surface area contributed by atoms with Crippen LogP contribution in [-0.2, 0) is 18.7 Å². The van der Waals surface area contributed by atoms with Gasteiger partial charge >= 0.3 is 19.7 Å². The van der Waals surface area contributed by atoms with Crippen molar-refractivity contribution >= 4 is 31.4 Å². The van der Waals surface area contributed by atoms with Crippen LogP contribution in [0.5, 0.6) is 0 Å². The topological polar surface area (TPSA) is 133 Å². The zero-order chi connectivity index (χ0) is 14.5. The molecule has 4 unspecified atom stereocenters. The highest BCUT2D eigenvalue weighted by Gasteiger charge is 2.77. The van der Waals surface area contributed by atoms with Gasteiger partial charge in [0.05, 0.1) is 6.61 Å². The van der Waals surface area contributed by atoms with Gasteiger partial charge in [-0.25, -0.2) is 9.65 Å². The molecule has 2 rings (SSSR count). The molecule has 0 radical (unpaired) electrons. The lowest BCUT2D eigenvalue weighted by molar-refractivity contribution is -0.144. The van der Waals surface area contributed by atoms with Crippen LogP contribution in [0, 0.1) is 5.92 Å². The van der Waals surface area contributed by atoms with Gasteiger partial charge in [0.1, 0.15) is 10.3 Å². The number of carboxylic acid groups (broad SMARTS) is 2. The molecule has 4 atom stereocenters. The van der Waals surface area contributed by atoms with Gasteiger partial charge in [-0.15, -0.1) is 11.8 Å². The summed E-state index contributed by atoms with van der Waals surface area (Å²) >= 11 is 0.990. The summed E-state index contributed by atoms with van der Waals surface area (Å²) in [6, 6.07) is 0. The lowest BCUT2D eigenvalue weighted by Gasteiger charge is -2.28. The molecule has 8 nitrogen and oxygen atoms in total. The van der Waals surface area contributed by atoms with Crippen molar-refractivity contribution in [2.24, 2.45) is 5.92 Å². The Kier molecular flexibility index (Phi) is 3.47. The van der Waals surface area contributed by atoms with Gasteiger partial charge in [0.2, 0.25) is 0 Å². The lowest BCUT2D eigenvalue weighted by atomic mass is 9.96. The van der Waals surface area contributed by atoms with Crippen LogP contribution in [0.3, 0.4) is 0 Å². The number of carbonyl (C=O) groups is 2. The first kappa shape index (κ1) is 14.8. The quantitative estimate of drug-likeness (QED) is 0.505. The van der Waals surface area contributed by atoms with Gasteiger partial charge in [0, 0.05) is 11.7 Å². The highest BCUT2D eigenvalue weighted by atomic mass is 32.2. The number of hydrogen-bond acceptors (Lipinski definition) is 5. The molecule has 0 bridgehead atoms. The highest BCUT2D eigenvalue weighted by molar-refractivity contribution is 8.02. The van der Waals surface area contributed by atoms with Crippen LogP contribution in [-0.4, -0.2) is 49.7 Å². The van der Waals surface area contributed by atoms with Crippen LogP contribution in [0.2, 0.25) is 0 Å². The van der Waals surface area contributed by atoms with E-state index < -0.39 is 35.9 Å². The fraction of sp³-hybridized carbons (Fsp3) is 0.778. The van der Waals surface area contributed by atoms with Crippen molar-refractivity contribution in [2.45, 2.75) is 23.6 Å². The van der Waals surface area contributed by atoms with Crippen molar-refractivity contribution in [1.29, 1.82) is 0 Å². The van der Waals surface area contributed by atoms with Crippen LogP contribution < -0.4 is 5.09 Å². The normalized spacial score (nSPS) is 39.4. The maximum atomic E-state index is 11.7. The summed E-state index contributed by atoms with van der Waals surface area (Å²) in [6.45, 7) is 1.44. The molecule has 1 saturated carbocycles. The molecule has 10 heteroatoms. The molecule has 0 aromatic carbocycles. The van der Waals surface area contributed by atoms with Crippen molar-refractivity contribution in [3.05, 3.63) is 0 Å². The van der Waals surface area contributed by atoms with E-state index in [0.717, 1.165) is 11.8 Å². The van der Waals surface area contributed by atoms with E-state index in [1.807, 2.05) is 0 Å². The van der Waals surface area contributed by atoms with E-state index in [1.165, 1.54) is 6.92 Å². The van der Waals surface area contributed by atoms with E-state index in [2.05, 4.69) is 9.61 Å². The molecule has 19 heavy (non-hydrogen) atoms. The van der Waals surface area contributed by atoms with Crippen LogP contribution in [0.4, 0.5) is 0 Å². The first-order valence-electron chi connectivity index (χ1n) is 5.58. The number of fused-ring (bicyclic) bond motifs is 1. The van der Waals surface area contributed by atoms with Crippen LogP contribution in [0.15, 0.2) is 0 Å². The fourth-order valence-electron chi connectivity index (χ4n) is 2.45. The van der Waals surface area contributed by atoms with E-state index in [9.17, 15) is 24.2 Å². The molecule has 1 aliphatic heterocycles. The van der Waals surface area contributed by atoms with Gasteiger partial charge in [-0.05, 0) is 13.3 Å². The van der Waals surface area contributed by atoms with Gasteiger partial charge < -0.3 is 15.1 Å². The molecule has 4 N–H and O–H groups in total. The second kappa shape index (κ2) is 4.46. The molecular weight excluding hydrogens is 297 g/mol. The standard InChI is InChI=1S/C9H14NO7PS/c1-2-17-18(15,16)10-8(6(11)12)4-19-9(7(13)14)3-5(8)9/h5H,2-4H2,1H3,(H,11,12)(H,13,14)(H2,10,15,16). The molecule has 1 heterocycles. The number of aliphatic carboxylic acids is 2. The largest absolute Gasteiger partial charge is 0.480 e. The van der Waals surface area contributed by atoms with Gasteiger partial charge in [-0.2, -0.15) is 0 Å². The molecule has 0 aromatic rings. The number of rotatable bonds is 6. The molecule has 2 fully saturated rings. The molecule has 0 spiro atoms. The van der Waals surface area contributed by atoms with Crippen LogP contribution >= 0.6 is 19.5 Å². The Bertz CT molecular complexity index is 485. The minimum absolute atomic E-state index is 0.0572. The third-order valence-electron chi connectivity index (χ3n) is 3.45. The number of thioether (sulfide) groups is 1. The maximum Gasteiger partial charge on any atom is 0.403 e. The minimum atomic E-state index is -4.27. The summed E-state index contributed by atoms with van der Waals surface area (Å²) in [5.74, 6) is -3.23. The Morgan fingerprint density at radius 2 is 2.11 bits per heavy atom. The molecule has 1 saturated heterocycles. The molecule has 0 aromatic heterocycles. The molecule has 108 valence electrons. The first-order chi connectivity index (χ1) is 8.70. The predicted octanol–water partition coefficient (Wildman–Crippen LogP) is 0.126. The Morgan fingerprint density at radius 3 is 2.47 bits per heavy atom. The highest BCUT2D eigenvalue weighted by Crippen LogP contribution is 2.67. The van der Waals surface area contributed by atoms with Gasteiger partial charge in [0.25, 0.3) is 0 Å². The Balaban J connectivity index is 2.26. The predicted molar refractivity (Wildman–Crippen MR) is 65.9 cm³/mol. The third kappa shape index (κ3) is 2.19. The van der Waals surface area contributed by atoms with Crippen molar-refractivity contribution < 1.29 is 33.8 Å². The molecule has 1 aliphatic carbocycles. The van der Waals surface area contributed by atoms with Gasteiger partial charge in [-0.3, -0.25) is 14.1 Å². The summed E-state index contributed by atoms with van der Waals surface area (Å²) in [6.07, 6.45) is 0.165. The van der Waals surface area contributed by atoms with Crippen molar-refractivity contribution in [2.75, 3.05) is 12.4 Å². The summed E-state index contributed by atoms with van der Waals surface area (Å²) in [5, 5.41) is 20.6. The van der Waals surface area contributed by atoms with E-state index in [0.29, 0.717) is 0 Å². The molecule has 2 aliphatic rings. The third-order valence-corrected chi connectivity index (χ3v) is 6.48. The lowest BCUT2D eigenvalue weighted by Crippen LogP contribution is -2.53. The fourth-order valence-corrected chi connectivity index (χ4v) is 5.49. The zero-order valence-electron chi connectivity index (χ0n) is 10.0. The Morgan fingerprint density at radius 1 is 1.47 bits per heavy atom. The monoisotopic (exact) mass is 311 g/mol. The average molecular weight is 311 g/mol. The zero-order valence-corrected chi connectivity index (χ0v) is 11.7. The number of nitrogens with one attached hydrogen (secondary N) is 1. The minimum Gasteiger partial charge on any atom is -0.480 e. The number of carboxylic acids is 2. The van der Waals surface area contributed by atoms with Crippen molar-refractivity contribution in [1.82, 2.24) is 5.09 Å². The first-order valence-corrected chi connectivity index (χ1v) is 8.14. The van der Waals surface area contributed by atoms with Crippen molar-refractivity contribution in [3.8, 4) is 0 Å². The number of hydrogen-bond donors (Lipinski definition) is 4. The van der Waals surface area contributed by atoms with Gasteiger partial charge in [-0.1, -0.05) is 0 Å². The second-order valence-electron chi connectivity index (χ2n) is 4.57. The van der Waals surface area contributed by atoms with E-state index in [-0.39, 0.29) is 18.8 Å². The van der Waals surface area contributed by atoms with E-state index in [4.69, 9.17) is 5.11 Å². The molecule has 0 amide bonds. The van der Waals surface area contributed by atoms with Crippen LogP contribution in [0.1, 0.15) is 13.3 Å². The van der Waals surface area contributed by atoms with Crippen LogP contribution in [0.25, 0.3) is 0 Å². The van der Waals surface area contributed by atoms with Crippen molar-refractivity contribution in [3.63, 3.8) is 0 Å². The Hall–Kier alpha value is -0.600. The summed E-state index contributed by atoms with van der Waals surface area (Å²) in [5.41, 5.74) is -1.73. The maximum absolute atomic E-state index is 11.7. The van der Waals surface area contributed by atoms with E-state index >= 15 is 0 Å². The summed E-state index contributed by atoms with van der Waals surface area (Å²) in [4.78, 5) is 32.2. The Labute approximate surface area is 113 Å². The molecular formula is C9H14NO7PS. The summed E-state index contributed by atoms with van der Waals surface area (Å²) < 4.78 is 15.2. The summed E-state index contributed by atoms with van der Waals surface area (Å²) in [7, 11) is -4.27. The van der Waals surface area contributed by atoms with E-state index in [1.54, 1.807) is 0 Å². The average Bonchev–Trinajstić information content (AvgIpc) is 2.93. The smallest absolute Gasteiger partial charge is 0.403 e.